The molecule has 11 heteroatoms. The van der Waals surface area contributed by atoms with Crippen LogP contribution in [0, 0.1) is 10.1 Å². The standard InChI is InChI=1S/C22H25N5O6/c1-2-5-17-19(8-6-15(10-11-28)21(17)29)32-12-3-4-13-33-20-9-7-16(14-18(20)27(30)31)22-23-25-26-24-22/h6-9,11,14,29H,2-5,10,12-13H2,1H3,(H,23,24,25,26). The molecule has 0 aliphatic heterocycles. The van der Waals surface area contributed by atoms with Crippen molar-refractivity contribution in [2.45, 2.75) is 39.0 Å². The van der Waals surface area contributed by atoms with Crippen LogP contribution in [0.25, 0.3) is 11.4 Å². The molecule has 0 saturated carbocycles. The van der Waals surface area contributed by atoms with E-state index in [1.807, 2.05) is 6.92 Å². The summed E-state index contributed by atoms with van der Waals surface area (Å²) in [7, 11) is 0. The van der Waals surface area contributed by atoms with Gasteiger partial charge in [-0.3, -0.25) is 10.1 Å². The zero-order chi connectivity index (χ0) is 23.6. The quantitative estimate of drug-likeness (QED) is 0.171. The number of tetrazole rings is 1. The van der Waals surface area contributed by atoms with Crippen molar-refractivity contribution < 1.29 is 24.3 Å². The second-order valence-corrected chi connectivity index (χ2v) is 7.25. The summed E-state index contributed by atoms with van der Waals surface area (Å²) in [6.07, 6.45) is 3.64. The molecule has 0 bridgehead atoms. The van der Waals surface area contributed by atoms with E-state index in [4.69, 9.17) is 9.47 Å². The van der Waals surface area contributed by atoms with Crippen molar-refractivity contribution in [3.05, 3.63) is 51.6 Å². The number of rotatable bonds is 13. The smallest absolute Gasteiger partial charge is 0.311 e. The fourth-order valence-electron chi connectivity index (χ4n) is 3.32. The van der Waals surface area contributed by atoms with Gasteiger partial charge in [-0.25, -0.2) is 0 Å². The van der Waals surface area contributed by atoms with Crippen LogP contribution >= 0.6 is 0 Å². The average Bonchev–Trinajstić information content (AvgIpc) is 3.35. The lowest BCUT2D eigenvalue weighted by molar-refractivity contribution is -0.385. The highest BCUT2D eigenvalue weighted by Crippen LogP contribution is 2.33. The topological polar surface area (TPSA) is 153 Å². The predicted octanol–water partition coefficient (Wildman–Crippen LogP) is 3.41. The van der Waals surface area contributed by atoms with Gasteiger partial charge >= 0.3 is 5.69 Å². The van der Waals surface area contributed by atoms with Crippen LogP contribution in [0.5, 0.6) is 17.2 Å². The maximum atomic E-state index is 11.4. The molecular formula is C22H25N5O6. The number of phenols is 1. The second-order valence-electron chi connectivity index (χ2n) is 7.25. The number of aromatic hydroxyl groups is 1. The van der Waals surface area contributed by atoms with Crippen molar-refractivity contribution >= 4 is 12.0 Å². The average molecular weight is 455 g/mol. The Morgan fingerprint density at radius 3 is 2.52 bits per heavy atom. The van der Waals surface area contributed by atoms with Crippen molar-refractivity contribution in [3.63, 3.8) is 0 Å². The number of unbranched alkanes of at least 4 members (excludes halogenated alkanes) is 1. The first-order valence-corrected chi connectivity index (χ1v) is 10.6. The number of nitro groups is 1. The van der Waals surface area contributed by atoms with Crippen molar-refractivity contribution in [3.8, 4) is 28.6 Å². The van der Waals surface area contributed by atoms with Crippen LogP contribution in [0.15, 0.2) is 30.3 Å². The van der Waals surface area contributed by atoms with Crippen LogP contribution in [0.1, 0.15) is 37.3 Å². The van der Waals surface area contributed by atoms with Gasteiger partial charge < -0.3 is 19.4 Å². The third-order valence-corrected chi connectivity index (χ3v) is 4.94. The molecule has 0 unspecified atom stereocenters. The number of ether oxygens (including phenoxy) is 2. The van der Waals surface area contributed by atoms with E-state index >= 15 is 0 Å². The number of H-pyrrole nitrogens is 1. The Morgan fingerprint density at radius 2 is 1.88 bits per heavy atom. The molecule has 3 rings (SSSR count). The Hall–Kier alpha value is -4.02. The Balaban J connectivity index is 1.53. The first-order valence-electron chi connectivity index (χ1n) is 10.6. The number of nitrogens with one attached hydrogen (secondary N) is 1. The third-order valence-electron chi connectivity index (χ3n) is 4.94. The molecule has 1 aromatic heterocycles. The molecule has 0 saturated heterocycles. The van der Waals surface area contributed by atoms with Crippen LogP contribution in [0.3, 0.4) is 0 Å². The fourth-order valence-corrected chi connectivity index (χ4v) is 3.32. The van der Waals surface area contributed by atoms with Gasteiger partial charge in [0.1, 0.15) is 17.8 Å². The molecule has 0 atom stereocenters. The molecule has 174 valence electrons. The molecule has 1 heterocycles. The molecule has 2 aromatic carbocycles. The Bertz CT molecular complexity index is 1090. The normalized spacial score (nSPS) is 10.7. The first kappa shape index (κ1) is 23.6. The summed E-state index contributed by atoms with van der Waals surface area (Å²) in [5.41, 5.74) is 1.57. The molecule has 0 amide bonds. The number of hydrogen-bond acceptors (Lipinski definition) is 9. The van der Waals surface area contributed by atoms with Gasteiger partial charge in [0.15, 0.2) is 5.75 Å². The number of nitrogens with zero attached hydrogens (tertiary/aromatic N) is 4. The molecule has 0 aliphatic rings. The van der Waals surface area contributed by atoms with E-state index in [-0.39, 0.29) is 36.0 Å². The molecule has 3 aromatic rings. The zero-order valence-corrected chi connectivity index (χ0v) is 18.2. The Kier molecular flexibility index (Phi) is 8.28. The summed E-state index contributed by atoms with van der Waals surface area (Å²) in [5.74, 6) is 1.13. The van der Waals surface area contributed by atoms with Gasteiger partial charge in [0.25, 0.3) is 0 Å². The SMILES string of the molecule is CCCc1c(OCCCCOc2ccc(-c3nn[nH]n3)cc2[N+](=O)[O-])ccc(CC=O)c1O. The lowest BCUT2D eigenvalue weighted by Crippen LogP contribution is -2.05. The summed E-state index contributed by atoms with van der Waals surface area (Å²) >= 11 is 0. The van der Waals surface area contributed by atoms with Gasteiger partial charge in [-0.15, -0.1) is 10.2 Å². The largest absolute Gasteiger partial charge is 0.507 e. The third kappa shape index (κ3) is 6.03. The molecule has 0 aliphatic carbocycles. The monoisotopic (exact) mass is 455 g/mol. The van der Waals surface area contributed by atoms with E-state index in [2.05, 4.69) is 20.6 Å². The van der Waals surface area contributed by atoms with Gasteiger partial charge in [-0.05, 0) is 42.7 Å². The summed E-state index contributed by atoms with van der Waals surface area (Å²) in [4.78, 5) is 21.7. The minimum atomic E-state index is -0.516. The highest BCUT2D eigenvalue weighted by molar-refractivity contribution is 5.63. The highest BCUT2D eigenvalue weighted by Gasteiger charge is 2.18. The summed E-state index contributed by atoms with van der Waals surface area (Å²) in [5, 5.41) is 35.2. The number of hydrogen-bond donors (Lipinski definition) is 2. The molecule has 11 nitrogen and oxygen atoms in total. The van der Waals surface area contributed by atoms with Crippen LogP contribution in [-0.2, 0) is 17.6 Å². The minimum absolute atomic E-state index is 0.112. The first-order chi connectivity index (χ1) is 16.0. The van der Waals surface area contributed by atoms with Crippen molar-refractivity contribution in [1.29, 1.82) is 0 Å². The summed E-state index contributed by atoms with van der Waals surface area (Å²) in [6.45, 7) is 2.67. The molecule has 33 heavy (non-hydrogen) atoms. The number of benzene rings is 2. The Morgan fingerprint density at radius 1 is 1.15 bits per heavy atom. The predicted molar refractivity (Wildman–Crippen MR) is 118 cm³/mol. The maximum Gasteiger partial charge on any atom is 0.311 e. The maximum absolute atomic E-state index is 11.4. The van der Waals surface area contributed by atoms with E-state index in [0.29, 0.717) is 48.3 Å². The summed E-state index contributed by atoms with van der Waals surface area (Å²) in [6, 6.07) is 7.96. The number of aromatic amines is 1. The lowest BCUT2D eigenvalue weighted by Gasteiger charge is -2.15. The molecular weight excluding hydrogens is 430 g/mol. The van der Waals surface area contributed by atoms with Crippen molar-refractivity contribution in [2.75, 3.05) is 13.2 Å². The number of nitro benzene ring substituents is 1. The number of aromatic nitrogens is 4. The Labute approximate surface area is 189 Å². The van der Waals surface area contributed by atoms with Gasteiger partial charge in [-0.1, -0.05) is 19.4 Å². The van der Waals surface area contributed by atoms with Crippen molar-refractivity contribution in [2.24, 2.45) is 0 Å². The van der Waals surface area contributed by atoms with E-state index in [1.165, 1.54) is 12.1 Å². The van der Waals surface area contributed by atoms with Crippen molar-refractivity contribution in [1.82, 2.24) is 20.6 Å². The number of phenolic OH excluding ortho intramolecular Hbond substituents is 1. The van der Waals surface area contributed by atoms with Gasteiger partial charge in [0, 0.05) is 29.2 Å². The second kappa shape index (κ2) is 11.6. The molecule has 2 N–H and O–H groups in total. The fraction of sp³-hybridized carbons (Fsp3) is 0.364. The van der Waals surface area contributed by atoms with Crippen LogP contribution in [0.2, 0.25) is 0 Å². The van der Waals surface area contributed by atoms with Gasteiger partial charge in [0.05, 0.1) is 18.1 Å². The van der Waals surface area contributed by atoms with Crippen LogP contribution in [0.4, 0.5) is 5.69 Å². The number of carbonyl (C=O) groups excluding carboxylic acids is 1. The lowest BCUT2D eigenvalue weighted by atomic mass is 10.0. The molecule has 0 fully saturated rings. The van der Waals surface area contributed by atoms with E-state index in [1.54, 1.807) is 18.2 Å². The van der Waals surface area contributed by atoms with E-state index < -0.39 is 4.92 Å². The highest BCUT2D eigenvalue weighted by atomic mass is 16.6. The number of carbonyl (C=O) groups is 1. The van der Waals surface area contributed by atoms with E-state index in [9.17, 15) is 20.0 Å². The summed E-state index contributed by atoms with van der Waals surface area (Å²) < 4.78 is 11.5. The molecule has 0 spiro atoms. The number of aldehydes is 1. The van der Waals surface area contributed by atoms with Gasteiger partial charge in [0.2, 0.25) is 5.82 Å². The van der Waals surface area contributed by atoms with Crippen LogP contribution < -0.4 is 9.47 Å². The van der Waals surface area contributed by atoms with E-state index in [0.717, 1.165) is 12.7 Å². The zero-order valence-electron chi connectivity index (χ0n) is 18.2. The van der Waals surface area contributed by atoms with Crippen LogP contribution in [-0.4, -0.2) is 50.2 Å². The minimum Gasteiger partial charge on any atom is -0.507 e. The molecule has 0 radical (unpaired) electrons. The van der Waals surface area contributed by atoms with Gasteiger partial charge in [-0.2, -0.15) is 5.21 Å².